The Labute approximate surface area is 108 Å². The molecule has 1 aliphatic heterocycles. The van der Waals surface area contributed by atoms with Gasteiger partial charge in [0.2, 0.25) is 0 Å². The van der Waals surface area contributed by atoms with Gasteiger partial charge in [0, 0.05) is 6.61 Å². The second-order valence-electron chi connectivity index (χ2n) is 2.89. The van der Waals surface area contributed by atoms with E-state index in [2.05, 4.69) is 6.92 Å². The Balaban J connectivity index is 0. The first-order chi connectivity index (χ1) is 5.43. The summed E-state index contributed by atoms with van der Waals surface area (Å²) < 4.78 is 10.7. The molecule has 1 atom stereocenters. The molecular formula is C9H17BrMgO2. The Kier molecular flexibility index (Phi) is 14.3. The minimum atomic E-state index is 0. The summed E-state index contributed by atoms with van der Waals surface area (Å²) >= 11 is 0. The van der Waals surface area contributed by atoms with E-state index in [1.54, 1.807) is 0 Å². The fraction of sp³-hybridized carbons (Fsp3) is 0.889. The van der Waals surface area contributed by atoms with Crippen LogP contribution in [0.1, 0.15) is 39.0 Å². The number of rotatable bonds is 4. The Morgan fingerprint density at radius 1 is 1.46 bits per heavy atom. The average molecular weight is 261 g/mol. The third kappa shape index (κ3) is 8.18. The first-order valence-electron chi connectivity index (χ1n) is 4.52. The monoisotopic (exact) mass is 260 g/mol. The molecule has 0 aromatic carbocycles. The molecule has 0 aromatic rings. The van der Waals surface area contributed by atoms with E-state index < -0.39 is 0 Å². The van der Waals surface area contributed by atoms with Crippen molar-refractivity contribution in [3.8, 4) is 0 Å². The average Bonchev–Trinajstić information content (AvgIpc) is 2.07. The summed E-state index contributed by atoms with van der Waals surface area (Å²) in [5.74, 6) is 0. The van der Waals surface area contributed by atoms with Gasteiger partial charge in [0.05, 0.1) is 0 Å². The topological polar surface area (TPSA) is 18.5 Å². The summed E-state index contributed by atoms with van der Waals surface area (Å²) in [7, 11) is 0. The minimum absolute atomic E-state index is 0. The Morgan fingerprint density at radius 2 is 2.23 bits per heavy atom. The van der Waals surface area contributed by atoms with Gasteiger partial charge in [-0.25, -0.2) is 6.61 Å². The summed E-state index contributed by atoms with van der Waals surface area (Å²) in [6.07, 6.45) is 5.71. The minimum Gasteiger partial charge on any atom is -1.00 e. The second-order valence-corrected chi connectivity index (χ2v) is 2.89. The van der Waals surface area contributed by atoms with E-state index >= 15 is 0 Å². The molecule has 4 heteroatoms. The van der Waals surface area contributed by atoms with Gasteiger partial charge in [-0.15, -0.1) is 0 Å². The summed E-state index contributed by atoms with van der Waals surface area (Å²) in [5.41, 5.74) is 0. The molecule has 2 nitrogen and oxygen atoms in total. The number of unbranched alkanes of at least 4 members (excludes halogenated alkanes) is 1. The first kappa shape index (κ1) is 16.6. The van der Waals surface area contributed by atoms with Crippen molar-refractivity contribution in [3.05, 3.63) is 6.61 Å². The zero-order valence-corrected chi connectivity index (χ0v) is 11.3. The normalized spacial score (nSPS) is 21.5. The van der Waals surface area contributed by atoms with Crippen molar-refractivity contribution >= 4 is 23.1 Å². The fourth-order valence-electron chi connectivity index (χ4n) is 1.11. The molecule has 0 amide bonds. The molecule has 0 saturated carbocycles. The molecule has 1 saturated heterocycles. The molecule has 0 bridgehead atoms. The van der Waals surface area contributed by atoms with Gasteiger partial charge in [-0.1, -0.05) is 13.3 Å². The molecule has 1 aliphatic rings. The van der Waals surface area contributed by atoms with Crippen molar-refractivity contribution in [1.82, 2.24) is 0 Å². The van der Waals surface area contributed by atoms with E-state index in [1.807, 2.05) is 6.61 Å². The van der Waals surface area contributed by atoms with Crippen LogP contribution in [0.15, 0.2) is 0 Å². The summed E-state index contributed by atoms with van der Waals surface area (Å²) in [5, 5.41) is 0. The number of halogens is 1. The summed E-state index contributed by atoms with van der Waals surface area (Å²) in [6.45, 7) is 4.88. The standard InChI is InChI=1S/C9H17O2.BrH.Mg/c1-2-3-7-10-9-6-4-5-8-11-9;;/h7,9H,2-6,8H2,1H3;1H;/q-1;;+2/p-1. The largest absolute Gasteiger partial charge is 2.00 e. The van der Waals surface area contributed by atoms with Crippen LogP contribution in [0.25, 0.3) is 0 Å². The molecule has 1 rings (SSSR count). The van der Waals surface area contributed by atoms with Crippen LogP contribution < -0.4 is 17.0 Å². The van der Waals surface area contributed by atoms with Crippen molar-refractivity contribution in [2.24, 2.45) is 0 Å². The first-order valence-corrected chi connectivity index (χ1v) is 4.52. The Bertz CT molecular complexity index is 97.6. The molecule has 1 unspecified atom stereocenters. The second kappa shape index (κ2) is 11.2. The molecule has 74 valence electrons. The summed E-state index contributed by atoms with van der Waals surface area (Å²) in [6, 6.07) is 0. The van der Waals surface area contributed by atoms with Crippen LogP contribution in [-0.4, -0.2) is 35.9 Å². The number of ether oxygens (including phenoxy) is 2. The molecule has 0 spiro atoms. The van der Waals surface area contributed by atoms with Crippen LogP contribution in [0, 0.1) is 6.61 Å². The van der Waals surface area contributed by atoms with E-state index in [9.17, 15) is 0 Å². The Hall–Kier alpha value is 1.17. The van der Waals surface area contributed by atoms with Gasteiger partial charge >= 0.3 is 23.1 Å². The van der Waals surface area contributed by atoms with Gasteiger partial charge in [0.25, 0.3) is 0 Å². The molecule has 0 N–H and O–H groups in total. The third-order valence-electron chi connectivity index (χ3n) is 1.79. The maximum atomic E-state index is 5.38. The van der Waals surface area contributed by atoms with E-state index in [0.717, 1.165) is 25.9 Å². The van der Waals surface area contributed by atoms with Crippen LogP contribution in [0.5, 0.6) is 0 Å². The number of hydrogen-bond donors (Lipinski definition) is 0. The fourth-order valence-corrected chi connectivity index (χ4v) is 1.11. The van der Waals surface area contributed by atoms with Gasteiger partial charge in [-0.3, -0.25) is 0 Å². The van der Waals surface area contributed by atoms with Gasteiger partial charge in [0.15, 0.2) is 0 Å². The van der Waals surface area contributed by atoms with Crippen molar-refractivity contribution in [3.63, 3.8) is 0 Å². The van der Waals surface area contributed by atoms with Crippen LogP contribution in [0.3, 0.4) is 0 Å². The molecule has 13 heavy (non-hydrogen) atoms. The van der Waals surface area contributed by atoms with E-state index in [1.165, 1.54) is 12.8 Å². The quantitative estimate of drug-likeness (QED) is 0.372. The van der Waals surface area contributed by atoms with E-state index in [-0.39, 0.29) is 46.3 Å². The summed E-state index contributed by atoms with van der Waals surface area (Å²) in [4.78, 5) is 0. The molecule has 0 aromatic heterocycles. The van der Waals surface area contributed by atoms with Crippen LogP contribution in [-0.2, 0) is 9.47 Å². The van der Waals surface area contributed by atoms with Gasteiger partial charge in [0.1, 0.15) is 6.29 Å². The SMILES string of the molecule is CCC[CH-]OC1CCCCO1.[Br-].[Mg+2]. The molecule has 0 aliphatic carbocycles. The number of hydrogen-bond acceptors (Lipinski definition) is 2. The Morgan fingerprint density at radius 3 is 2.77 bits per heavy atom. The zero-order valence-electron chi connectivity index (χ0n) is 8.30. The van der Waals surface area contributed by atoms with Crippen molar-refractivity contribution in [2.45, 2.75) is 45.3 Å². The van der Waals surface area contributed by atoms with Crippen LogP contribution in [0.4, 0.5) is 0 Å². The maximum absolute atomic E-state index is 5.38. The predicted octanol–water partition coefficient (Wildman–Crippen LogP) is -0.885. The van der Waals surface area contributed by atoms with Gasteiger partial charge in [-0.2, -0.15) is 6.42 Å². The zero-order chi connectivity index (χ0) is 7.94. The van der Waals surface area contributed by atoms with E-state index in [4.69, 9.17) is 9.47 Å². The molecular weight excluding hydrogens is 244 g/mol. The molecule has 0 radical (unpaired) electrons. The van der Waals surface area contributed by atoms with Crippen molar-refractivity contribution in [1.29, 1.82) is 0 Å². The smallest absolute Gasteiger partial charge is 1.00 e. The third-order valence-corrected chi connectivity index (χ3v) is 1.79. The van der Waals surface area contributed by atoms with Crippen molar-refractivity contribution < 1.29 is 26.5 Å². The van der Waals surface area contributed by atoms with Crippen LogP contribution >= 0.6 is 0 Å². The van der Waals surface area contributed by atoms with E-state index in [0.29, 0.717) is 0 Å². The van der Waals surface area contributed by atoms with Gasteiger partial charge < -0.3 is 26.5 Å². The van der Waals surface area contributed by atoms with Crippen LogP contribution in [0.2, 0.25) is 0 Å². The maximum Gasteiger partial charge on any atom is 2.00 e. The molecule has 1 fully saturated rings. The molecule has 1 heterocycles. The predicted molar refractivity (Wildman–Crippen MR) is 49.6 cm³/mol. The van der Waals surface area contributed by atoms with Crippen molar-refractivity contribution in [2.75, 3.05) is 6.61 Å². The van der Waals surface area contributed by atoms with Gasteiger partial charge in [-0.05, 0) is 19.3 Å².